The molecule has 0 spiro atoms. The van der Waals surface area contributed by atoms with E-state index in [0.717, 1.165) is 70.5 Å². The van der Waals surface area contributed by atoms with Crippen LogP contribution in [0.3, 0.4) is 0 Å². The summed E-state index contributed by atoms with van der Waals surface area (Å²) in [6, 6.07) is 26.2. The van der Waals surface area contributed by atoms with E-state index in [1.165, 1.54) is 37.8 Å². The third-order valence-corrected chi connectivity index (χ3v) is 10.6. The lowest BCUT2D eigenvalue weighted by Gasteiger charge is -2.37. The Labute approximate surface area is 258 Å². The van der Waals surface area contributed by atoms with E-state index < -0.39 is 11.6 Å². The van der Waals surface area contributed by atoms with Gasteiger partial charge in [-0.25, -0.2) is 8.78 Å². The molecule has 5 aromatic carbocycles. The Morgan fingerprint density at radius 2 is 1.20 bits per heavy atom. The fraction of sp³-hybridized carbons (Fsp3) is 0.350. The SMILES string of the molecule is CC1CCC(C2CCC(c3cc(F)c(COc4ccc5ccccc5c4-c4c(O)ccc5ccccc45)c(F)c3)CC2)CC1. The third-order valence-electron chi connectivity index (χ3n) is 10.6. The molecule has 2 saturated carbocycles. The molecule has 1 N–H and O–H groups in total. The van der Waals surface area contributed by atoms with Gasteiger partial charge >= 0.3 is 0 Å². The second-order valence-electron chi connectivity index (χ2n) is 13.2. The maximum atomic E-state index is 15.6. The molecule has 5 aromatic rings. The summed E-state index contributed by atoms with van der Waals surface area (Å²) >= 11 is 0. The molecule has 0 atom stereocenters. The molecule has 0 radical (unpaired) electrons. The van der Waals surface area contributed by atoms with Crippen molar-refractivity contribution in [2.24, 2.45) is 17.8 Å². The van der Waals surface area contributed by atoms with Gasteiger partial charge in [-0.3, -0.25) is 0 Å². The van der Waals surface area contributed by atoms with E-state index in [-0.39, 0.29) is 23.8 Å². The van der Waals surface area contributed by atoms with E-state index in [2.05, 4.69) is 6.92 Å². The molecule has 0 bridgehead atoms. The first-order chi connectivity index (χ1) is 21.5. The molecule has 2 aliphatic carbocycles. The van der Waals surface area contributed by atoms with E-state index >= 15 is 8.78 Å². The van der Waals surface area contributed by atoms with Crippen molar-refractivity contribution in [1.29, 1.82) is 0 Å². The van der Waals surface area contributed by atoms with Crippen LogP contribution in [0.1, 0.15) is 75.3 Å². The zero-order valence-corrected chi connectivity index (χ0v) is 25.4. The van der Waals surface area contributed by atoms with E-state index in [0.29, 0.717) is 16.9 Å². The van der Waals surface area contributed by atoms with Crippen molar-refractivity contribution >= 4 is 21.5 Å². The van der Waals surface area contributed by atoms with Crippen LogP contribution in [0.4, 0.5) is 8.78 Å². The quantitative estimate of drug-likeness (QED) is 0.213. The van der Waals surface area contributed by atoms with Gasteiger partial charge < -0.3 is 9.84 Å². The molecular weight excluding hydrogens is 550 g/mol. The number of benzene rings is 5. The van der Waals surface area contributed by atoms with E-state index in [1.807, 2.05) is 66.7 Å². The molecule has 226 valence electrons. The van der Waals surface area contributed by atoms with Crippen LogP contribution >= 0.6 is 0 Å². The largest absolute Gasteiger partial charge is 0.507 e. The molecule has 4 heteroatoms. The van der Waals surface area contributed by atoms with E-state index in [9.17, 15) is 5.11 Å². The third kappa shape index (κ3) is 5.56. The number of ether oxygens (including phenoxy) is 1. The summed E-state index contributed by atoms with van der Waals surface area (Å²) in [7, 11) is 0. The molecule has 7 rings (SSSR count). The van der Waals surface area contributed by atoms with Gasteiger partial charge in [0, 0.05) is 11.1 Å². The Balaban J connectivity index is 1.14. The molecule has 0 unspecified atom stereocenters. The van der Waals surface area contributed by atoms with Crippen LogP contribution in [0.5, 0.6) is 11.5 Å². The topological polar surface area (TPSA) is 29.5 Å². The Bertz CT molecular complexity index is 1770. The lowest BCUT2D eigenvalue weighted by Crippen LogP contribution is -2.24. The highest BCUT2D eigenvalue weighted by Gasteiger charge is 2.31. The summed E-state index contributed by atoms with van der Waals surface area (Å²) in [5, 5.41) is 14.8. The maximum Gasteiger partial charge on any atom is 0.133 e. The van der Waals surface area contributed by atoms with Crippen LogP contribution in [-0.2, 0) is 6.61 Å². The highest BCUT2D eigenvalue weighted by Crippen LogP contribution is 2.46. The number of aromatic hydroxyl groups is 1. The molecule has 2 nitrogen and oxygen atoms in total. The van der Waals surface area contributed by atoms with Crippen LogP contribution in [-0.4, -0.2) is 5.11 Å². The monoisotopic (exact) mass is 590 g/mol. The van der Waals surface area contributed by atoms with Gasteiger partial charge in [-0.1, -0.05) is 80.4 Å². The van der Waals surface area contributed by atoms with Crippen LogP contribution < -0.4 is 4.74 Å². The van der Waals surface area contributed by atoms with Gasteiger partial charge in [-0.2, -0.15) is 0 Å². The summed E-state index contributed by atoms with van der Waals surface area (Å²) in [4.78, 5) is 0. The number of phenols is 1. The van der Waals surface area contributed by atoms with Crippen molar-refractivity contribution in [2.75, 3.05) is 0 Å². The second kappa shape index (κ2) is 12.2. The van der Waals surface area contributed by atoms with Crippen LogP contribution in [0.25, 0.3) is 32.7 Å². The first-order valence-electron chi connectivity index (χ1n) is 16.3. The average molecular weight is 591 g/mol. The minimum atomic E-state index is -0.557. The highest BCUT2D eigenvalue weighted by atomic mass is 19.1. The summed E-state index contributed by atoms with van der Waals surface area (Å²) in [5.74, 6) is 2.13. The normalized spacial score (nSPS) is 22.3. The molecule has 2 aliphatic rings. The molecule has 0 aliphatic heterocycles. The molecule has 2 fully saturated rings. The van der Waals surface area contributed by atoms with Crippen molar-refractivity contribution in [3.8, 4) is 22.6 Å². The first-order valence-corrected chi connectivity index (χ1v) is 16.3. The van der Waals surface area contributed by atoms with E-state index in [1.54, 1.807) is 6.07 Å². The summed E-state index contributed by atoms with van der Waals surface area (Å²) < 4.78 is 37.4. The van der Waals surface area contributed by atoms with Gasteiger partial charge in [0.1, 0.15) is 29.7 Å². The zero-order chi connectivity index (χ0) is 30.2. The van der Waals surface area contributed by atoms with Crippen molar-refractivity contribution in [3.63, 3.8) is 0 Å². The number of hydrogen-bond donors (Lipinski definition) is 1. The van der Waals surface area contributed by atoms with Gasteiger partial charge in [0.15, 0.2) is 0 Å². The Morgan fingerprint density at radius 3 is 1.84 bits per heavy atom. The Hall–Kier alpha value is -3.92. The zero-order valence-electron chi connectivity index (χ0n) is 25.4. The van der Waals surface area contributed by atoms with E-state index in [4.69, 9.17) is 4.74 Å². The fourth-order valence-electron chi connectivity index (χ4n) is 7.98. The van der Waals surface area contributed by atoms with Gasteiger partial charge in [0.05, 0.1) is 5.56 Å². The second-order valence-corrected chi connectivity index (χ2v) is 13.2. The number of rotatable bonds is 6. The van der Waals surface area contributed by atoms with Crippen molar-refractivity contribution in [3.05, 3.63) is 108 Å². The minimum absolute atomic E-state index is 0.0694. The van der Waals surface area contributed by atoms with Crippen molar-refractivity contribution in [1.82, 2.24) is 0 Å². The van der Waals surface area contributed by atoms with Gasteiger partial charge in [0.2, 0.25) is 0 Å². The fourth-order valence-corrected chi connectivity index (χ4v) is 7.98. The standard InChI is InChI=1S/C40H40F2O2/c1-25-10-12-26(13-11-25)27-14-16-28(17-15-27)31-22-35(41)34(36(42)23-31)24-44-38-21-19-30-7-3-5-9-33(30)40(38)39-32-8-4-2-6-29(32)18-20-37(39)43/h2-9,18-23,25-28,43H,10-17,24H2,1H3. The average Bonchev–Trinajstić information content (AvgIpc) is 3.05. The number of halogens is 2. The Kier molecular flexibility index (Phi) is 8.01. The van der Waals surface area contributed by atoms with Gasteiger partial charge in [0.25, 0.3) is 0 Å². The summed E-state index contributed by atoms with van der Waals surface area (Å²) in [5.41, 5.74) is 2.05. The summed E-state index contributed by atoms with van der Waals surface area (Å²) in [6.45, 7) is 2.11. The minimum Gasteiger partial charge on any atom is -0.507 e. The summed E-state index contributed by atoms with van der Waals surface area (Å²) in [6.07, 6.45) is 9.68. The predicted octanol–water partition coefficient (Wildman–Crippen LogP) is 11.3. The van der Waals surface area contributed by atoms with Crippen LogP contribution in [0.15, 0.2) is 84.9 Å². The molecule has 0 saturated heterocycles. The smallest absolute Gasteiger partial charge is 0.133 e. The van der Waals surface area contributed by atoms with Crippen molar-refractivity contribution < 1.29 is 18.6 Å². The lowest BCUT2D eigenvalue weighted by molar-refractivity contribution is 0.165. The lowest BCUT2D eigenvalue weighted by atomic mass is 9.68. The number of hydrogen-bond acceptors (Lipinski definition) is 2. The number of fused-ring (bicyclic) bond motifs is 2. The highest BCUT2D eigenvalue weighted by molar-refractivity contribution is 6.09. The first kappa shape index (κ1) is 28.8. The van der Waals surface area contributed by atoms with Crippen molar-refractivity contribution in [2.45, 2.75) is 70.8 Å². The Morgan fingerprint density at radius 1 is 0.659 bits per heavy atom. The van der Waals surface area contributed by atoms with Gasteiger partial charge in [-0.05, 0) is 114 Å². The van der Waals surface area contributed by atoms with Gasteiger partial charge in [-0.15, -0.1) is 0 Å². The van der Waals surface area contributed by atoms with Crippen LogP contribution in [0.2, 0.25) is 0 Å². The number of phenolic OH excluding ortho intramolecular Hbond substituents is 1. The molecule has 0 heterocycles. The maximum absolute atomic E-state index is 15.6. The molecule has 0 aromatic heterocycles. The molecule has 44 heavy (non-hydrogen) atoms. The molecular formula is C40H40F2O2. The predicted molar refractivity (Wildman–Crippen MR) is 175 cm³/mol. The molecule has 0 amide bonds. The van der Waals surface area contributed by atoms with Crippen LogP contribution in [0, 0.1) is 29.4 Å².